The normalized spacial score (nSPS) is 10.9. The van der Waals surface area contributed by atoms with Gasteiger partial charge in [-0.2, -0.15) is 0 Å². The second-order valence-electron chi connectivity index (χ2n) is 3.49. The lowest BCUT2D eigenvalue weighted by atomic mass is 10.2. The molecule has 0 aliphatic carbocycles. The molecule has 0 bridgehead atoms. The van der Waals surface area contributed by atoms with Gasteiger partial charge in [-0.1, -0.05) is 0 Å². The fraction of sp³-hybridized carbons (Fsp3) is 0.182. The number of halogens is 3. The van der Waals surface area contributed by atoms with Gasteiger partial charge in [0.2, 0.25) is 0 Å². The van der Waals surface area contributed by atoms with Crippen molar-refractivity contribution in [2.45, 2.75) is 13.5 Å². The van der Waals surface area contributed by atoms with E-state index in [9.17, 15) is 13.2 Å². The maximum Gasteiger partial charge on any atom is 0.194 e. The van der Waals surface area contributed by atoms with Crippen molar-refractivity contribution >= 4 is 11.3 Å². The van der Waals surface area contributed by atoms with Gasteiger partial charge in [0, 0.05) is 17.0 Å². The van der Waals surface area contributed by atoms with Gasteiger partial charge in [0.05, 0.1) is 5.69 Å². The molecule has 0 aliphatic rings. The molecule has 1 aromatic heterocycles. The van der Waals surface area contributed by atoms with Crippen molar-refractivity contribution in [3.8, 4) is 10.6 Å². The van der Waals surface area contributed by atoms with E-state index in [2.05, 4.69) is 4.98 Å². The van der Waals surface area contributed by atoms with Gasteiger partial charge >= 0.3 is 0 Å². The second kappa shape index (κ2) is 4.46. The van der Waals surface area contributed by atoms with E-state index in [1.54, 1.807) is 6.92 Å². The highest BCUT2D eigenvalue weighted by Gasteiger charge is 2.14. The molecule has 0 aliphatic heterocycles. The summed E-state index contributed by atoms with van der Waals surface area (Å²) in [6, 6.07) is 1.86. The molecule has 2 rings (SSSR count). The van der Waals surface area contributed by atoms with Crippen LogP contribution in [0.5, 0.6) is 0 Å². The maximum atomic E-state index is 13.1. The van der Waals surface area contributed by atoms with Crippen LogP contribution in [0.15, 0.2) is 12.1 Å². The van der Waals surface area contributed by atoms with E-state index >= 15 is 0 Å². The first kappa shape index (κ1) is 12.1. The van der Waals surface area contributed by atoms with Gasteiger partial charge in [0.15, 0.2) is 17.5 Å². The molecule has 0 atom stereocenters. The Morgan fingerprint density at radius 3 is 2.29 bits per heavy atom. The standard InChI is InChI=1S/C11H9F3N2S/c1-5-9(4-15)17-11(16-5)6-2-7(12)10(14)8(13)3-6/h2-3H,4,15H2,1H3. The second-order valence-corrected chi connectivity index (χ2v) is 4.57. The Morgan fingerprint density at radius 2 is 1.82 bits per heavy atom. The quantitative estimate of drug-likeness (QED) is 0.841. The molecule has 1 aromatic carbocycles. The Labute approximate surface area is 99.9 Å². The number of aryl methyl sites for hydroxylation is 1. The molecule has 2 N–H and O–H groups in total. The smallest absolute Gasteiger partial charge is 0.194 e. The van der Waals surface area contributed by atoms with E-state index in [0.29, 0.717) is 11.6 Å². The summed E-state index contributed by atoms with van der Waals surface area (Å²) in [6.45, 7) is 2.08. The Balaban J connectivity index is 2.53. The highest BCUT2D eigenvalue weighted by Crippen LogP contribution is 2.29. The highest BCUT2D eigenvalue weighted by atomic mass is 32.1. The van der Waals surface area contributed by atoms with E-state index in [1.165, 1.54) is 11.3 Å². The van der Waals surface area contributed by atoms with Crippen molar-refractivity contribution in [1.82, 2.24) is 4.98 Å². The summed E-state index contributed by atoms with van der Waals surface area (Å²) in [7, 11) is 0. The molecule has 0 saturated heterocycles. The van der Waals surface area contributed by atoms with Crippen LogP contribution >= 0.6 is 11.3 Å². The van der Waals surface area contributed by atoms with E-state index < -0.39 is 17.5 Å². The van der Waals surface area contributed by atoms with Gasteiger partial charge in [-0.15, -0.1) is 11.3 Å². The summed E-state index contributed by atoms with van der Waals surface area (Å²) >= 11 is 1.24. The molecular weight excluding hydrogens is 249 g/mol. The van der Waals surface area contributed by atoms with Crippen molar-refractivity contribution < 1.29 is 13.2 Å². The predicted octanol–water partition coefficient (Wildman–Crippen LogP) is 2.99. The van der Waals surface area contributed by atoms with Crippen LogP contribution in [0.3, 0.4) is 0 Å². The number of hydrogen-bond donors (Lipinski definition) is 1. The monoisotopic (exact) mass is 258 g/mol. The van der Waals surface area contributed by atoms with Crippen LogP contribution in [0, 0.1) is 24.4 Å². The third kappa shape index (κ3) is 2.18. The van der Waals surface area contributed by atoms with Crippen LogP contribution in [-0.4, -0.2) is 4.98 Å². The topological polar surface area (TPSA) is 38.9 Å². The van der Waals surface area contributed by atoms with Crippen molar-refractivity contribution in [3.63, 3.8) is 0 Å². The molecule has 0 unspecified atom stereocenters. The highest BCUT2D eigenvalue weighted by molar-refractivity contribution is 7.15. The predicted molar refractivity (Wildman–Crippen MR) is 60.1 cm³/mol. The van der Waals surface area contributed by atoms with Crippen molar-refractivity contribution in [1.29, 1.82) is 0 Å². The largest absolute Gasteiger partial charge is 0.326 e. The zero-order valence-electron chi connectivity index (χ0n) is 8.93. The van der Waals surface area contributed by atoms with Gasteiger partial charge in [0.25, 0.3) is 0 Å². The van der Waals surface area contributed by atoms with Crippen molar-refractivity contribution in [2.75, 3.05) is 0 Å². The Bertz CT molecular complexity index is 543. The summed E-state index contributed by atoms with van der Waals surface area (Å²) in [5.41, 5.74) is 6.43. The minimum absolute atomic E-state index is 0.217. The van der Waals surface area contributed by atoms with E-state index in [1.807, 2.05) is 0 Å². The summed E-state index contributed by atoms with van der Waals surface area (Å²) in [5.74, 6) is -3.91. The maximum absolute atomic E-state index is 13.1. The van der Waals surface area contributed by atoms with Crippen LogP contribution in [0.25, 0.3) is 10.6 Å². The lowest BCUT2D eigenvalue weighted by Gasteiger charge is -1.99. The molecule has 0 saturated carbocycles. The average Bonchev–Trinajstić information content (AvgIpc) is 2.66. The van der Waals surface area contributed by atoms with Crippen LogP contribution in [0.4, 0.5) is 13.2 Å². The minimum Gasteiger partial charge on any atom is -0.326 e. The third-order valence-electron chi connectivity index (χ3n) is 2.31. The van der Waals surface area contributed by atoms with Gasteiger partial charge in [0.1, 0.15) is 5.01 Å². The Morgan fingerprint density at radius 1 is 1.24 bits per heavy atom. The van der Waals surface area contributed by atoms with Crippen LogP contribution in [0.1, 0.15) is 10.6 Å². The summed E-state index contributed by atoms with van der Waals surface area (Å²) in [4.78, 5) is 4.98. The fourth-order valence-corrected chi connectivity index (χ4v) is 2.35. The number of rotatable bonds is 2. The number of aromatic nitrogens is 1. The first-order valence-corrected chi connectivity index (χ1v) is 5.66. The Kier molecular flexibility index (Phi) is 3.17. The van der Waals surface area contributed by atoms with E-state index in [-0.39, 0.29) is 5.56 Å². The number of thiazole rings is 1. The first-order valence-electron chi connectivity index (χ1n) is 4.84. The van der Waals surface area contributed by atoms with Gasteiger partial charge in [-0.25, -0.2) is 18.2 Å². The molecule has 0 fully saturated rings. The molecule has 1 heterocycles. The zero-order valence-corrected chi connectivity index (χ0v) is 9.75. The van der Waals surface area contributed by atoms with Gasteiger partial charge < -0.3 is 5.73 Å². The molecule has 2 nitrogen and oxygen atoms in total. The molecule has 0 spiro atoms. The molecule has 0 radical (unpaired) electrons. The molecular formula is C11H9F3N2S. The Hall–Kier alpha value is -1.40. The number of hydrogen-bond acceptors (Lipinski definition) is 3. The molecule has 0 amide bonds. The lowest BCUT2D eigenvalue weighted by Crippen LogP contribution is -1.94. The number of benzene rings is 1. The molecule has 2 aromatic rings. The van der Waals surface area contributed by atoms with E-state index in [0.717, 1.165) is 22.7 Å². The SMILES string of the molecule is Cc1nc(-c2cc(F)c(F)c(F)c2)sc1CN. The lowest BCUT2D eigenvalue weighted by molar-refractivity contribution is 0.447. The zero-order chi connectivity index (χ0) is 12.6. The van der Waals surface area contributed by atoms with Crippen molar-refractivity contribution in [2.24, 2.45) is 5.73 Å². The van der Waals surface area contributed by atoms with Crippen molar-refractivity contribution in [3.05, 3.63) is 40.2 Å². The fourth-order valence-electron chi connectivity index (χ4n) is 1.42. The summed E-state index contributed by atoms with van der Waals surface area (Å²) in [6.07, 6.45) is 0. The third-order valence-corrected chi connectivity index (χ3v) is 3.54. The minimum atomic E-state index is -1.47. The van der Waals surface area contributed by atoms with E-state index in [4.69, 9.17) is 5.73 Å². The molecule has 90 valence electrons. The number of nitrogens with two attached hydrogens (primary N) is 1. The average molecular weight is 258 g/mol. The molecule has 17 heavy (non-hydrogen) atoms. The van der Waals surface area contributed by atoms with Gasteiger partial charge in [-0.05, 0) is 19.1 Å². The van der Waals surface area contributed by atoms with Crippen LogP contribution in [-0.2, 0) is 6.54 Å². The van der Waals surface area contributed by atoms with Gasteiger partial charge in [-0.3, -0.25) is 0 Å². The summed E-state index contributed by atoms with van der Waals surface area (Å²) < 4.78 is 38.9. The number of nitrogens with zero attached hydrogens (tertiary/aromatic N) is 1. The molecule has 6 heteroatoms. The summed E-state index contributed by atoms with van der Waals surface area (Å²) in [5, 5.41) is 0.431. The first-order chi connectivity index (χ1) is 8.02. The van der Waals surface area contributed by atoms with Crippen LogP contribution in [0.2, 0.25) is 0 Å². The van der Waals surface area contributed by atoms with Crippen LogP contribution < -0.4 is 5.73 Å².